The first-order chi connectivity index (χ1) is 11.5. The maximum absolute atomic E-state index is 8.26. The summed E-state index contributed by atoms with van der Waals surface area (Å²) in [4.78, 5) is 0. The van der Waals surface area contributed by atoms with Gasteiger partial charge in [-0.25, -0.2) is 0 Å². The van der Waals surface area contributed by atoms with E-state index in [9.17, 15) is 0 Å². The van der Waals surface area contributed by atoms with E-state index in [0.717, 1.165) is 31.0 Å². The summed E-state index contributed by atoms with van der Waals surface area (Å²) in [7, 11) is 2.65. The number of unbranched alkanes of at least 4 members (excludes halogenated alkanes) is 5. The van der Waals surface area contributed by atoms with E-state index in [4.69, 9.17) is 23.1 Å². The smallest absolute Gasteiger partial charge is 0.385 e. The Kier molecular flexibility index (Phi) is 13.2. The zero-order chi connectivity index (χ0) is 18.5. The van der Waals surface area contributed by atoms with Gasteiger partial charge in [-0.15, -0.1) is 0 Å². The summed E-state index contributed by atoms with van der Waals surface area (Å²) < 4.78 is 22.4. The predicted molar refractivity (Wildman–Crippen MR) is 105 cm³/mol. The summed E-state index contributed by atoms with van der Waals surface area (Å²) in [5.41, 5.74) is 0. The normalized spacial score (nSPS) is 12.6. The van der Waals surface area contributed by atoms with Gasteiger partial charge in [-0.1, -0.05) is 46.0 Å². The lowest BCUT2D eigenvalue weighted by atomic mass is 10.1. The summed E-state index contributed by atoms with van der Waals surface area (Å²) in [6.07, 6.45) is 7.95. The van der Waals surface area contributed by atoms with Gasteiger partial charge in [0, 0.05) is 28.4 Å². The Morgan fingerprint density at radius 2 is 1.21 bits per heavy atom. The van der Waals surface area contributed by atoms with Gasteiger partial charge in [0.1, 0.15) is 0 Å². The van der Waals surface area contributed by atoms with Crippen molar-refractivity contribution in [3.63, 3.8) is 0 Å². The third-order valence-electron chi connectivity index (χ3n) is 5.10. The Labute approximate surface area is 151 Å². The maximum atomic E-state index is 8.26. The third kappa shape index (κ3) is 7.45. The van der Waals surface area contributed by atoms with E-state index in [0.29, 0.717) is 5.33 Å². The lowest BCUT2D eigenvalue weighted by Crippen LogP contribution is -2.48. The van der Waals surface area contributed by atoms with Crippen LogP contribution in [0.15, 0.2) is 0 Å². The molecule has 0 fully saturated rings. The average molecular weight is 378 g/mol. The number of rotatable bonds is 16. The molecule has 0 spiro atoms. The van der Waals surface area contributed by atoms with Crippen LogP contribution in [0.1, 0.15) is 58.8 Å². The second kappa shape index (κ2) is 13.2. The Morgan fingerprint density at radius 3 is 1.62 bits per heavy atom. The molecule has 0 aromatic heterocycles. The monoisotopic (exact) mass is 377 g/mol. The molecule has 0 aliphatic rings. The van der Waals surface area contributed by atoms with Gasteiger partial charge in [0.05, 0.1) is 5.33 Å². The SMILES string of the molecule is CC[Si](CCCCCCCCC(=N)[Si](CC)(OC)OC)(OC)OC. The van der Waals surface area contributed by atoms with Crippen LogP contribution >= 0.6 is 0 Å². The number of nitrogens with one attached hydrogen (secondary N) is 1. The first-order valence-electron chi connectivity index (χ1n) is 9.28. The maximum Gasteiger partial charge on any atom is 0.385 e. The molecule has 0 bridgehead atoms. The van der Waals surface area contributed by atoms with E-state index in [1.54, 1.807) is 28.4 Å². The molecular formula is C17H39NO4Si2. The molecule has 24 heavy (non-hydrogen) atoms. The molecule has 1 N–H and O–H groups in total. The molecule has 0 amide bonds. The topological polar surface area (TPSA) is 60.8 Å². The summed E-state index contributed by atoms with van der Waals surface area (Å²) in [5.74, 6) is 0. The van der Waals surface area contributed by atoms with E-state index in [1.165, 1.54) is 32.1 Å². The minimum atomic E-state index is -2.38. The highest BCUT2D eigenvalue weighted by atomic mass is 28.4. The fourth-order valence-electron chi connectivity index (χ4n) is 3.18. The van der Waals surface area contributed by atoms with Crippen LogP contribution in [0.5, 0.6) is 0 Å². The van der Waals surface area contributed by atoms with Crippen LogP contribution in [-0.2, 0) is 17.7 Å². The molecule has 0 saturated heterocycles. The molecule has 0 rings (SSSR count). The van der Waals surface area contributed by atoms with Crippen LogP contribution in [0, 0.1) is 5.41 Å². The van der Waals surface area contributed by atoms with Crippen LogP contribution < -0.4 is 0 Å². The zero-order valence-electron chi connectivity index (χ0n) is 16.7. The van der Waals surface area contributed by atoms with Crippen molar-refractivity contribution < 1.29 is 17.7 Å². The molecule has 5 nitrogen and oxygen atoms in total. The summed E-state index contributed by atoms with van der Waals surface area (Å²) in [5, 5.41) is 8.95. The largest absolute Gasteiger partial charge is 0.398 e. The van der Waals surface area contributed by atoms with Gasteiger partial charge in [0.25, 0.3) is 0 Å². The van der Waals surface area contributed by atoms with E-state index in [1.807, 2.05) is 6.92 Å². The van der Waals surface area contributed by atoms with Crippen molar-refractivity contribution in [2.45, 2.75) is 76.9 Å². The molecule has 0 atom stereocenters. The Bertz CT molecular complexity index is 318. The molecule has 0 heterocycles. The van der Waals surface area contributed by atoms with Crippen LogP contribution in [0.25, 0.3) is 0 Å². The minimum absolute atomic E-state index is 0.689. The third-order valence-corrected chi connectivity index (χ3v) is 12.2. The highest BCUT2D eigenvalue weighted by Crippen LogP contribution is 2.22. The summed E-state index contributed by atoms with van der Waals surface area (Å²) in [6, 6.07) is 2.92. The fourth-order valence-corrected chi connectivity index (χ4v) is 7.69. The molecule has 0 aromatic rings. The molecule has 7 heteroatoms. The Hall–Kier alpha value is -0.0562. The van der Waals surface area contributed by atoms with Crippen molar-refractivity contribution in [2.75, 3.05) is 28.4 Å². The van der Waals surface area contributed by atoms with E-state index < -0.39 is 17.1 Å². The molecule has 0 aromatic carbocycles. The van der Waals surface area contributed by atoms with Crippen LogP contribution in [-0.4, -0.2) is 50.9 Å². The van der Waals surface area contributed by atoms with Gasteiger partial charge in [-0.3, -0.25) is 0 Å². The standard InChI is InChI=1S/C17H39NO4Si2/c1-7-23(19-3,20-4)16-14-12-10-9-11-13-15-17(18)24(8-2,21-5)22-6/h18H,7-16H2,1-6H3. The minimum Gasteiger partial charge on any atom is -0.398 e. The molecule has 0 aliphatic carbocycles. The summed E-state index contributed by atoms with van der Waals surface area (Å²) in [6.45, 7) is 4.21. The molecule has 0 radical (unpaired) electrons. The van der Waals surface area contributed by atoms with Crippen molar-refractivity contribution >= 4 is 22.5 Å². The molecule has 144 valence electrons. The molecule has 0 aliphatic heterocycles. The van der Waals surface area contributed by atoms with Gasteiger partial charge in [-0.05, 0) is 31.0 Å². The lowest BCUT2D eigenvalue weighted by molar-refractivity contribution is 0.241. The van der Waals surface area contributed by atoms with E-state index >= 15 is 0 Å². The van der Waals surface area contributed by atoms with Crippen LogP contribution in [0.2, 0.25) is 18.1 Å². The van der Waals surface area contributed by atoms with E-state index in [-0.39, 0.29) is 0 Å². The molecular weight excluding hydrogens is 338 g/mol. The molecule has 0 unspecified atom stereocenters. The second-order valence-corrected chi connectivity index (χ2v) is 13.8. The lowest BCUT2D eigenvalue weighted by Gasteiger charge is -2.26. The van der Waals surface area contributed by atoms with Crippen molar-refractivity contribution in [1.29, 1.82) is 5.41 Å². The number of hydrogen-bond donors (Lipinski definition) is 1. The zero-order valence-corrected chi connectivity index (χ0v) is 18.7. The Morgan fingerprint density at radius 1 is 0.708 bits per heavy atom. The van der Waals surface area contributed by atoms with Gasteiger partial charge < -0.3 is 23.1 Å². The highest BCUT2D eigenvalue weighted by Gasteiger charge is 2.38. The van der Waals surface area contributed by atoms with Crippen molar-refractivity contribution in [3.05, 3.63) is 0 Å². The van der Waals surface area contributed by atoms with Gasteiger partial charge in [-0.2, -0.15) is 0 Å². The average Bonchev–Trinajstić information content (AvgIpc) is 2.63. The first kappa shape index (κ1) is 23.9. The fraction of sp³-hybridized carbons (Fsp3) is 0.941. The predicted octanol–water partition coefficient (Wildman–Crippen LogP) is 4.79. The van der Waals surface area contributed by atoms with Crippen molar-refractivity contribution in [1.82, 2.24) is 0 Å². The first-order valence-corrected chi connectivity index (χ1v) is 13.5. The van der Waals surface area contributed by atoms with Crippen LogP contribution in [0.3, 0.4) is 0 Å². The quantitative estimate of drug-likeness (QED) is 0.239. The van der Waals surface area contributed by atoms with E-state index in [2.05, 4.69) is 6.92 Å². The van der Waals surface area contributed by atoms with Crippen LogP contribution in [0.4, 0.5) is 0 Å². The second-order valence-electron chi connectivity index (χ2n) is 6.29. The van der Waals surface area contributed by atoms with Gasteiger partial charge in [0.2, 0.25) is 0 Å². The Balaban J connectivity index is 3.83. The van der Waals surface area contributed by atoms with Gasteiger partial charge in [0.15, 0.2) is 0 Å². The van der Waals surface area contributed by atoms with Crippen molar-refractivity contribution in [3.8, 4) is 0 Å². The van der Waals surface area contributed by atoms with Crippen molar-refractivity contribution in [2.24, 2.45) is 0 Å². The molecule has 0 saturated carbocycles. The number of hydrogen-bond acceptors (Lipinski definition) is 5. The highest BCUT2D eigenvalue weighted by molar-refractivity contribution is 6.97. The van der Waals surface area contributed by atoms with Gasteiger partial charge >= 0.3 is 17.1 Å². The summed E-state index contributed by atoms with van der Waals surface area (Å²) >= 11 is 0.